The van der Waals surface area contributed by atoms with Gasteiger partial charge in [-0.2, -0.15) is 0 Å². The van der Waals surface area contributed by atoms with Crippen LogP contribution < -0.4 is 11.3 Å². The molecule has 1 heterocycles. The molecule has 106 valence electrons. The van der Waals surface area contributed by atoms with Crippen molar-refractivity contribution < 1.29 is 9.13 Å². The van der Waals surface area contributed by atoms with E-state index in [0.29, 0.717) is 10.6 Å². The Morgan fingerprint density at radius 2 is 2.37 bits per heavy atom. The number of halogens is 2. The first-order valence-electron chi connectivity index (χ1n) is 6.70. The lowest BCUT2D eigenvalue weighted by molar-refractivity contribution is 0.0996. The van der Waals surface area contributed by atoms with E-state index in [1.165, 1.54) is 6.07 Å². The van der Waals surface area contributed by atoms with E-state index >= 15 is 0 Å². The van der Waals surface area contributed by atoms with Crippen LogP contribution in [0.15, 0.2) is 22.7 Å². The highest BCUT2D eigenvalue weighted by atomic mass is 79.9. The summed E-state index contributed by atoms with van der Waals surface area (Å²) in [7, 11) is 0. The van der Waals surface area contributed by atoms with Gasteiger partial charge in [-0.3, -0.25) is 11.3 Å². The Labute approximate surface area is 121 Å². The summed E-state index contributed by atoms with van der Waals surface area (Å²) >= 11 is 3.20. The quantitative estimate of drug-likeness (QED) is 0.622. The van der Waals surface area contributed by atoms with Crippen LogP contribution in [0.2, 0.25) is 0 Å². The molecule has 0 saturated carbocycles. The molecule has 1 aliphatic rings. The second-order valence-corrected chi connectivity index (χ2v) is 5.88. The predicted molar refractivity (Wildman–Crippen MR) is 77.1 cm³/mol. The van der Waals surface area contributed by atoms with Crippen LogP contribution in [0.3, 0.4) is 0 Å². The first-order valence-corrected chi connectivity index (χ1v) is 7.50. The van der Waals surface area contributed by atoms with Gasteiger partial charge in [0.05, 0.1) is 10.6 Å². The highest BCUT2D eigenvalue weighted by Crippen LogP contribution is 2.21. The Bertz CT molecular complexity index is 410. The standard InChI is InChI=1S/C14H20BrFN2O/c15-13-9-10(3-6-14(13)16)8-11(18-17)4-5-12-2-1-7-19-12/h3,6,9,11-12,18H,1-2,4-5,7-8,17H2. The molecule has 1 fully saturated rings. The Morgan fingerprint density at radius 1 is 1.53 bits per heavy atom. The fourth-order valence-electron chi connectivity index (χ4n) is 2.45. The lowest BCUT2D eigenvalue weighted by Gasteiger charge is -2.18. The number of nitrogens with two attached hydrogens (primary N) is 1. The van der Waals surface area contributed by atoms with Gasteiger partial charge in [-0.25, -0.2) is 4.39 Å². The summed E-state index contributed by atoms with van der Waals surface area (Å²) in [5.41, 5.74) is 3.92. The van der Waals surface area contributed by atoms with Crippen molar-refractivity contribution in [3.8, 4) is 0 Å². The van der Waals surface area contributed by atoms with Crippen LogP contribution in [0.5, 0.6) is 0 Å². The molecule has 1 aliphatic heterocycles. The molecule has 2 unspecified atom stereocenters. The molecule has 3 nitrogen and oxygen atoms in total. The second kappa shape index (κ2) is 7.33. The smallest absolute Gasteiger partial charge is 0.137 e. The third kappa shape index (κ3) is 4.53. The molecule has 1 saturated heterocycles. The monoisotopic (exact) mass is 330 g/mol. The van der Waals surface area contributed by atoms with Gasteiger partial charge in [-0.1, -0.05) is 6.07 Å². The highest BCUT2D eigenvalue weighted by Gasteiger charge is 2.17. The molecule has 0 aromatic heterocycles. The molecule has 0 bridgehead atoms. The van der Waals surface area contributed by atoms with Crippen molar-refractivity contribution in [3.05, 3.63) is 34.1 Å². The lowest BCUT2D eigenvalue weighted by Crippen LogP contribution is -2.37. The molecule has 0 aliphatic carbocycles. The van der Waals surface area contributed by atoms with E-state index in [4.69, 9.17) is 10.6 Å². The number of ether oxygens (including phenoxy) is 1. The molecular weight excluding hydrogens is 311 g/mol. The van der Waals surface area contributed by atoms with Gasteiger partial charge in [0, 0.05) is 12.6 Å². The summed E-state index contributed by atoms with van der Waals surface area (Å²) in [4.78, 5) is 0. The Balaban J connectivity index is 1.85. The normalized spacial score (nSPS) is 20.7. The minimum atomic E-state index is -0.236. The van der Waals surface area contributed by atoms with Gasteiger partial charge in [0.1, 0.15) is 5.82 Å². The van der Waals surface area contributed by atoms with Crippen LogP contribution in [-0.4, -0.2) is 18.8 Å². The fraction of sp³-hybridized carbons (Fsp3) is 0.571. The molecule has 0 amide bonds. The van der Waals surface area contributed by atoms with Crippen molar-refractivity contribution >= 4 is 15.9 Å². The molecule has 0 spiro atoms. The number of rotatable bonds is 6. The molecule has 1 aromatic carbocycles. The summed E-state index contributed by atoms with van der Waals surface area (Å²) in [5, 5.41) is 0. The minimum Gasteiger partial charge on any atom is -0.378 e. The zero-order valence-electron chi connectivity index (χ0n) is 10.9. The maximum Gasteiger partial charge on any atom is 0.137 e. The van der Waals surface area contributed by atoms with Gasteiger partial charge >= 0.3 is 0 Å². The Kier molecular flexibility index (Phi) is 5.76. The van der Waals surface area contributed by atoms with Crippen LogP contribution >= 0.6 is 15.9 Å². The Hall–Kier alpha value is -0.490. The van der Waals surface area contributed by atoms with Crippen LogP contribution in [0, 0.1) is 5.82 Å². The van der Waals surface area contributed by atoms with Crippen molar-refractivity contribution in [2.45, 2.75) is 44.2 Å². The van der Waals surface area contributed by atoms with E-state index in [2.05, 4.69) is 21.4 Å². The van der Waals surface area contributed by atoms with E-state index in [1.807, 2.05) is 6.07 Å². The molecule has 1 aromatic rings. The molecule has 0 radical (unpaired) electrons. The van der Waals surface area contributed by atoms with E-state index in [-0.39, 0.29) is 11.9 Å². The van der Waals surface area contributed by atoms with Crippen LogP contribution in [0.4, 0.5) is 4.39 Å². The Morgan fingerprint density at radius 3 is 3.00 bits per heavy atom. The van der Waals surface area contributed by atoms with Crippen molar-refractivity contribution in [1.29, 1.82) is 0 Å². The number of benzene rings is 1. The van der Waals surface area contributed by atoms with Crippen molar-refractivity contribution in [1.82, 2.24) is 5.43 Å². The number of hydrogen-bond acceptors (Lipinski definition) is 3. The van der Waals surface area contributed by atoms with Crippen LogP contribution in [-0.2, 0) is 11.2 Å². The number of hydrogen-bond donors (Lipinski definition) is 2. The van der Waals surface area contributed by atoms with Crippen LogP contribution in [0.1, 0.15) is 31.2 Å². The predicted octanol–water partition coefficient (Wildman–Crippen LogP) is 2.92. The van der Waals surface area contributed by atoms with Gasteiger partial charge in [-0.05, 0) is 65.7 Å². The lowest BCUT2D eigenvalue weighted by atomic mass is 10.00. The largest absolute Gasteiger partial charge is 0.378 e. The van der Waals surface area contributed by atoms with Gasteiger partial charge in [0.25, 0.3) is 0 Å². The summed E-state index contributed by atoms with van der Waals surface area (Å²) in [5.74, 6) is 5.36. The van der Waals surface area contributed by atoms with E-state index < -0.39 is 0 Å². The molecule has 2 rings (SSSR count). The SMILES string of the molecule is NNC(CCC1CCCO1)Cc1ccc(F)c(Br)c1. The number of nitrogens with one attached hydrogen (secondary N) is 1. The van der Waals surface area contributed by atoms with E-state index in [1.54, 1.807) is 6.07 Å². The molecule has 2 atom stereocenters. The fourth-order valence-corrected chi connectivity index (χ4v) is 2.88. The summed E-state index contributed by atoms with van der Waals surface area (Å²) in [6.07, 6.45) is 5.49. The van der Waals surface area contributed by atoms with E-state index in [0.717, 1.165) is 44.3 Å². The first kappa shape index (κ1) is 14.9. The van der Waals surface area contributed by atoms with Crippen LogP contribution in [0.25, 0.3) is 0 Å². The maximum absolute atomic E-state index is 13.2. The molecule has 3 N–H and O–H groups in total. The van der Waals surface area contributed by atoms with Gasteiger partial charge in [0.2, 0.25) is 0 Å². The summed E-state index contributed by atoms with van der Waals surface area (Å²) in [6, 6.07) is 5.29. The average molecular weight is 331 g/mol. The van der Waals surface area contributed by atoms with Crippen molar-refractivity contribution in [2.75, 3.05) is 6.61 Å². The topological polar surface area (TPSA) is 47.3 Å². The van der Waals surface area contributed by atoms with Crippen molar-refractivity contribution in [3.63, 3.8) is 0 Å². The van der Waals surface area contributed by atoms with Crippen molar-refractivity contribution in [2.24, 2.45) is 5.84 Å². The third-order valence-corrected chi connectivity index (χ3v) is 4.17. The maximum atomic E-state index is 13.2. The number of hydrazine groups is 1. The zero-order valence-corrected chi connectivity index (χ0v) is 12.5. The first-order chi connectivity index (χ1) is 9.19. The summed E-state index contributed by atoms with van der Waals surface area (Å²) < 4.78 is 19.3. The van der Waals surface area contributed by atoms with Gasteiger partial charge < -0.3 is 4.74 Å². The molecular formula is C14H20BrFN2O. The highest BCUT2D eigenvalue weighted by molar-refractivity contribution is 9.10. The van der Waals surface area contributed by atoms with Gasteiger partial charge in [0.15, 0.2) is 0 Å². The zero-order chi connectivity index (χ0) is 13.7. The molecule has 19 heavy (non-hydrogen) atoms. The third-order valence-electron chi connectivity index (χ3n) is 3.56. The summed E-state index contributed by atoms with van der Waals surface area (Å²) in [6.45, 7) is 0.885. The van der Waals surface area contributed by atoms with Gasteiger partial charge in [-0.15, -0.1) is 0 Å². The molecule has 5 heteroatoms. The minimum absolute atomic E-state index is 0.196. The average Bonchev–Trinajstić information content (AvgIpc) is 2.92. The second-order valence-electron chi connectivity index (χ2n) is 5.03. The van der Waals surface area contributed by atoms with E-state index in [9.17, 15) is 4.39 Å².